The van der Waals surface area contributed by atoms with Crippen LogP contribution in [0.25, 0.3) is 0 Å². The van der Waals surface area contributed by atoms with Crippen molar-refractivity contribution >= 4 is 5.97 Å². The zero-order chi connectivity index (χ0) is 11.3. The first kappa shape index (κ1) is 12.5. The molecule has 1 saturated heterocycles. The number of likely N-dealkylation sites (N-methyl/N-ethyl adjacent to an activating group) is 1. The summed E-state index contributed by atoms with van der Waals surface area (Å²) in [6, 6.07) is 0.534. The predicted molar refractivity (Wildman–Crippen MR) is 59.8 cm³/mol. The van der Waals surface area contributed by atoms with E-state index < -0.39 is 0 Å². The van der Waals surface area contributed by atoms with E-state index >= 15 is 0 Å². The van der Waals surface area contributed by atoms with Crippen LogP contribution in [0, 0.1) is 0 Å². The van der Waals surface area contributed by atoms with Gasteiger partial charge < -0.3 is 9.64 Å². The van der Waals surface area contributed by atoms with Crippen LogP contribution in [-0.2, 0) is 9.53 Å². The van der Waals surface area contributed by atoms with Crippen LogP contribution < -0.4 is 0 Å². The van der Waals surface area contributed by atoms with E-state index in [1.807, 2.05) is 7.05 Å². The molecular formula is C11H22N2O2. The second-order valence-corrected chi connectivity index (χ2v) is 4.16. The lowest BCUT2D eigenvalue weighted by Gasteiger charge is -2.35. The molecule has 0 unspecified atom stereocenters. The molecule has 0 radical (unpaired) electrons. The van der Waals surface area contributed by atoms with Crippen LogP contribution in [0.15, 0.2) is 0 Å². The summed E-state index contributed by atoms with van der Waals surface area (Å²) in [7, 11) is 3.44. The molecule has 88 valence electrons. The number of carbonyl (C=O) groups excluding carboxylic acids is 1. The number of hydrogen-bond acceptors (Lipinski definition) is 4. The van der Waals surface area contributed by atoms with Gasteiger partial charge in [-0.15, -0.1) is 0 Å². The Hall–Kier alpha value is -0.610. The first-order chi connectivity index (χ1) is 7.17. The van der Waals surface area contributed by atoms with Gasteiger partial charge in [-0.2, -0.15) is 0 Å². The zero-order valence-corrected chi connectivity index (χ0v) is 10.0. The van der Waals surface area contributed by atoms with Crippen molar-refractivity contribution in [1.82, 2.24) is 9.80 Å². The summed E-state index contributed by atoms with van der Waals surface area (Å²) in [6.45, 7) is 6.03. The highest BCUT2D eigenvalue weighted by atomic mass is 16.5. The SMILES string of the molecule is CCN1CCC(N(C)CC(=O)OC)CC1. The van der Waals surface area contributed by atoms with Crippen LogP contribution in [0.1, 0.15) is 19.8 Å². The van der Waals surface area contributed by atoms with Crippen LogP contribution >= 0.6 is 0 Å². The number of rotatable bonds is 4. The minimum Gasteiger partial charge on any atom is -0.468 e. The number of carbonyl (C=O) groups is 1. The minimum absolute atomic E-state index is 0.143. The molecule has 0 aliphatic carbocycles. The van der Waals surface area contributed by atoms with Crippen molar-refractivity contribution in [2.45, 2.75) is 25.8 Å². The quantitative estimate of drug-likeness (QED) is 0.641. The number of likely N-dealkylation sites (tertiary alicyclic amines) is 1. The Morgan fingerprint density at radius 3 is 2.53 bits per heavy atom. The summed E-state index contributed by atoms with van der Waals surface area (Å²) in [4.78, 5) is 15.7. The maximum atomic E-state index is 11.1. The molecule has 1 aliphatic heterocycles. The third-order valence-electron chi connectivity index (χ3n) is 3.23. The van der Waals surface area contributed by atoms with Crippen molar-refractivity contribution in [2.24, 2.45) is 0 Å². The number of esters is 1. The molecule has 0 N–H and O–H groups in total. The Morgan fingerprint density at radius 2 is 2.07 bits per heavy atom. The van der Waals surface area contributed by atoms with Crippen molar-refractivity contribution in [1.29, 1.82) is 0 Å². The number of ether oxygens (including phenoxy) is 1. The third-order valence-corrected chi connectivity index (χ3v) is 3.23. The average molecular weight is 214 g/mol. The lowest BCUT2D eigenvalue weighted by molar-refractivity contribution is -0.142. The smallest absolute Gasteiger partial charge is 0.319 e. The Labute approximate surface area is 92.2 Å². The van der Waals surface area contributed by atoms with Crippen LogP contribution in [0.5, 0.6) is 0 Å². The van der Waals surface area contributed by atoms with Gasteiger partial charge in [-0.05, 0) is 39.5 Å². The number of methoxy groups -OCH3 is 1. The summed E-state index contributed by atoms with van der Waals surface area (Å²) < 4.78 is 4.66. The molecule has 0 aromatic rings. The van der Waals surface area contributed by atoms with Gasteiger partial charge in [0.2, 0.25) is 0 Å². The summed E-state index contributed by atoms with van der Waals surface area (Å²) in [5, 5.41) is 0. The van der Waals surface area contributed by atoms with E-state index in [0.717, 1.165) is 32.5 Å². The van der Waals surface area contributed by atoms with Gasteiger partial charge in [-0.25, -0.2) is 0 Å². The molecule has 0 aromatic carbocycles. The Bertz CT molecular complexity index is 201. The zero-order valence-electron chi connectivity index (χ0n) is 10.0. The van der Waals surface area contributed by atoms with E-state index in [9.17, 15) is 4.79 Å². The van der Waals surface area contributed by atoms with Gasteiger partial charge in [0.15, 0.2) is 0 Å². The fourth-order valence-electron chi connectivity index (χ4n) is 2.07. The largest absolute Gasteiger partial charge is 0.468 e. The van der Waals surface area contributed by atoms with Crippen LogP contribution in [-0.4, -0.2) is 62.1 Å². The highest BCUT2D eigenvalue weighted by molar-refractivity contribution is 5.71. The van der Waals surface area contributed by atoms with Gasteiger partial charge in [0.1, 0.15) is 0 Å². The molecule has 0 spiro atoms. The minimum atomic E-state index is -0.143. The van der Waals surface area contributed by atoms with E-state index in [4.69, 9.17) is 0 Å². The lowest BCUT2D eigenvalue weighted by atomic mass is 10.0. The highest BCUT2D eigenvalue weighted by Gasteiger charge is 2.22. The second kappa shape index (κ2) is 6.08. The van der Waals surface area contributed by atoms with Crippen molar-refractivity contribution in [3.05, 3.63) is 0 Å². The summed E-state index contributed by atoms with van der Waals surface area (Å²) >= 11 is 0. The maximum absolute atomic E-state index is 11.1. The monoisotopic (exact) mass is 214 g/mol. The van der Waals surface area contributed by atoms with Gasteiger partial charge >= 0.3 is 5.97 Å². The van der Waals surface area contributed by atoms with Crippen molar-refractivity contribution in [2.75, 3.05) is 40.3 Å². The molecule has 15 heavy (non-hydrogen) atoms. The fourth-order valence-corrected chi connectivity index (χ4v) is 2.07. The fraction of sp³-hybridized carbons (Fsp3) is 0.909. The van der Waals surface area contributed by atoms with Gasteiger partial charge in [0.05, 0.1) is 13.7 Å². The molecule has 1 fully saturated rings. The summed E-state index contributed by atoms with van der Waals surface area (Å²) in [6.07, 6.45) is 2.31. The van der Waals surface area contributed by atoms with E-state index in [1.54, 1.807) is 0 Å². The maximum Gasteiger partial charge on any atom is 0.319 e. The Morgan fingerprint density at radius 1 is 1.47 bits per heavy atom. The summed E-state index contributed by atoms with van der Waals surface area (Å²) in [5.74, 6) is -0.143. The number of piperidine rings is 1. The first-order valence-electron chi connectivity index (χ1n) is 5.66. The number of nitrogens with zero attached hydrogens (tertiary/aromatic N) is 2. The van der Waals surface area contributed by atoms with Crippen molar-refractivity contribution in [3.8, 4) is 0 Å². The molecule has 1 aliphatic rings. The molecule has 4 heteroatoms. The highest BCUT2D eigenvalue weighted by Crippen LogP contribution is 2.14. The second-order valence-electron chi connectivity index (χ2n) is 4.16. The lowest BCUT2D eigenvalue weighted by Crippen LogP contribution is -2.44. The number of hydrogen-bond donors (Lipinski definition) is 0. The molecule has 0 saturated carbocycles. The van der Waals surface area contributed by atoms with E-state index in [0.29, 0.717) is 12.6 Å². The van der Waals surface area contributed by atoms with Gasteiger partial charge in [0, 0.05) is 6.04 Å². The Balaban J connectivity index is 2.29. The van der Waals surface area contributed by atoms with Gasteiger partial charge in [-0.1, -0.05) is 6.92 Å². The van der Waals surface area contributed by atoms with Gasteiger partial charge in [0.25, 0.3) is 0 Å². The molecule has 0 amide bonds. The normalized spacial score (nSPS) is 19.5. The molecule has 1 rings (SSSR count). The predicted octanol–water partition coefficient (Wildman–Crippen LogP) is 0.575. The molecule has 0 bridgehead atoms. The molecule has 4 nitrogen and oxygen atoms in total. The van der Waals surface area contributed by atoms with Crippen LogP contribution in [0.4, 0.5) is 0 Å². The van der Waals surface area contributed by atoms with Gasteiger partial charge in [-0.3, -0.25) is 9.69 Å². The molecule has 0 aromatic heterocycles. The van der Waals surface area contributed by atoms with Crippen LogP contribution in [0.2, 0.25) is 0 Å². The molecule has 0 atom stereocenters. The average Bonchev–Trinajstić information content (AvgIpc) is 2.29. The topological polar surface area (TPSA) is 32.8 Å². The standard InChI is InChI=1S/C11H22N2O2/c1-4-13-7-5-10(6-8-13)12(2)9-11(14)15-3/h10H,4-9H2,1-3H3. The molecular weight excluding hydrogens is 192 g/mol. The van der Waals surface area contributed by atoms with Crippen LogP contribution in [0.3, 0.4) is 0 Å². The summed E-state index contributed by atoms with van der Waals surface area (Å²) in [5.41, 5.74) is 0. The third kappa shape index (κ3) is 3.80. The van der Waals surface area contributed by atoms with E-state index in [-0.39, 0.29) is 5.97 Å². The van der Waals surface area contributed by atoms with Crippen molar-refractivity contribution < 1.29 is 9.53 Å². The Kier molecular flexibility index (Phi) is 5.05. The molecule has 1 heterocycles. The van der Waals surface area contributed by atoms with Crippen molar-refractivity contribution in [3.63, 3.8) is 0 Å². The first-order valence-corrected chi connectivity index (χ1v) is 5.66. The van der Waals surface area contributed by atoms with E-state index in [2.05, 4.69) is 21.5 Å². The van der Waals surface area contributed by atoms with E-state index in [1.165, 1.54) is 7.11 Å².